The Labute approximate surface area is 108 Å². The van der Waals surface area contributed by atoms with Crippen molar-refractivity contribution in [3.8, 4) is 0 Å². The molecule has 2 atom stereocenters. The average molecular weight is 260 g/mol. The molecule has 0 heterocycles. The fourth-order valence-electron chi connectivity index (χ4n) is 1.50. The quantitative estimate of drug-likeness (QED) is 0.466. The lowest BCUT2D eigenvalue weighted by Crippen LogP contribution is -2.45. The number of carboxylic acids is 1. The van der Waals surface area contributed by atoms with E-state index in [1.54, 1.807) is 0 Å². The fourth-order valence-corrected chi connectivity index (χ4v) is 1.50. The Kier molecular flexibility index (Phi) is 9.00. The van der Waals surface area contributed by atoms with E-state index in [0.29, 0.717) is 0 Å². The highest BCUT2D eigenvalue weighted by Gasteiger charge is 2.14. The largest absolute Gasteiger partial charge is 0.479 e. The van der Waals surface area contributed by atoms with Crippen molar-refractivity contribution >= 4 is 12.0 Å². The van der Waals surface area contributed by atoms with Gasteiger partial charge in [0.15, 0.2) is 6.10 Å². The van der Waals surface area contributed by atoms with Gasteiger partial charge in [-0.05, 0) is 13.3 Å². The van der Waals surface area contributed by atoms with Gasteiger partial charge in [0.2, 0.25) is 0 Å². The van der Waals surface area contributed by atoms with Crippen molar-refractivity contribution in [3.63, 3.8) is 0 Å². The van der Waals surface area contributed by atoms with Gasteiger partial charge in [0.25, 0.3) is 0 Å². The maximum absolute atomic E-state index is 11.3. The van der Waals surface area contributed by atoms with Crippen molar-refractivity contribution in [1.82, 2.24) is 10.6 Å². The molecule has 0 bridgehead atoms. The third-order valence-corrected chi connectivity index (χ3v) is 2.61. The smallest absolute Gasteiger partial charge is 0.334 e. The van der Waals surface area contributed by atoms with Crippen LogP contribution in [0.15, 0.2) is 0 Å². The number of aliphatic hydroxyl groups is 1. The number of amides is 2. The van der Waals surface area contributed by atoms with Gasteiger partial charge in [-0.15, -0.1) is 0 Å². The first-order chi connectivity index (χ1) is 8.47. The van der Waals surface area contributed by atoms with Crippen LogP contribution < -0.4 is 10.6 Å². The molecule has 0 spiro atoms. The van der Waals surface area contributed by atoms with Crippen LogP contribution in [0.3, 0.4) is 0 Å². The number of nitrogens with one attached hydrogen (secondary N) is 2. The van der Waals surface area contributed by atoms with Gasteiger partial charge in [0.1, 0.15) is 0 Å². The van der Waals surface area contributed by atoms with Crippen molar-refractivity contribution in [3.05, 3.63) is 0 Å². The summed E-state index contributed by atoms with van der Waals surface area (Å²) in [5.41, 5.74) is 0. The summed E-state index contributed by atoms with van der Waals surface area (Å²) in [7, 11) is 0. The van der Waals surface area contributed by atoms with E-state index in [1.165, 1.54) is 12.8 Å². The first-order valence-electron chi connectivity index (χ1n) is 6.42. The third kappa shape index (κ3) is 8.81. The maximum atomic E-state index is 11.3. The van der Waals surface area contributed by atoms with Crippen molar-refractivity contribution < 1.29 is 19.8 Å². The van der Waals surface area contributed by atoms with Crippen LogP contribution in [0.25, 0.3) is 0 Å². The minimum atomic E-state index is -1.56. The minimum absolute atomic E-state index is 0.0452. The summed E-state index contributed by atoms with van der Waals surface area (Å²) in [5, 5.41) is 22.4. The molecule has 0 aromatic heterocycles. The molecule has 0 radical (unpaired) electrons. The van der Waals surface area contributed by atoms with Crippen LogP contribution in [0.2, 0.25) is 0 Å². The molecule has 0 aromatic rings. The summed E-state index contributed by atoms with van der Waals surface area (Å²) in [6.07, 6.45) is 3.93. The predicted molar refractivity (Wildman–Crippen MR) is 68.4 cm³/mol. The number of carboxylic acid groups (broad SMARTS) is 1. The molecule has 0 saturated heterocycles. The molecule has 106 valence electrons. The standard InChI is InChI=1S/C12H24N2O4/c1-3-4-5-6-7-9(2)14-12(18)13-8-10(15)11(16)17/h9-10,15H,3-8H2,1-2H3,(H,16,17)(H2,13,14,18). The monoisotopic (exact) mass is 260 g/mol. The average Bonchev–Trinajstić information content (AvgIpc) is 2.31. The lowest BCUT2D eigenvalue weighted by molar-refractivity contribution is -0.146. The normalized spacial score (nSPS) is 13.7. The molecular weight excluding hydrogens is 236 g/mol. The van der Waals surface area contributed by atoms with Crippen LogP contribution in [-0.4, -0.2) is 40.9 Å². The highest BCUT2D eigenvalue weighted by molar-refractivity contribution is 5.76. The lowest BCUT2D eigenvalue weighted by atomic mass is 10.1. The van der Waals surface area contributed by atoms with E-state index in [-0.39, 0.29) is 12.6 Å². The molecule has 2 amide bonds. The predicted octanol–water partition coefficient (Wildman–Crippen LogP) is 1.09. The first-order valence-corrected chi connectivity index (χ1v) is 6.42. The van der Waals surface area contributed by atoms with Crippen LogP contribution in [0.1, 0.15) is 46.0 Å². The molecule has 6 heteroatoms. The molecule has 18 heavy (non-hydrogen) atoms. The number of aliphatic carboxylic acids is 1. The van der Waals surface area contributed by atoms with Crippen molar-refractivity contribution in [2.45, 2.75) is 58.1 Å². The molecule has 0 aromatic carbocycles. The van der Waals surface area contributed by atoms with E-state index in [2.05, 4.69) is 17.6 Å². The van der Waals surface area contributed by atoms with Gasteiger partial charge < -0.3 is 20.8 Å². The van der Waals surface area contributed by atoms with Crippen LogP contribution >= 0.6 is 0 Å². The molecule has 0 aliphatic heterocycles. The molecule has 0 rings (SSSR count). The second-order valence-corrected chi connectivity index (χ2v) is 4.46. The highest BCUT2D eigenvalue weighted by atomic mass is 16.4. The molecule has 2 unspecified atom stereocenters. The molecule has 0 aliphatic rings. The minimum Gasteiger partial charge on any atom is -0.479 e. The van der Waals surface area contributed by atoms with Crippen molar-refractivity contribution in [2.75, 3.05) is 6.54 Å². The second kappa shape index (κ2) is 9.70. The zero-order valence-corrected chi connectivity index (χ0v) is 11.1. The van der Waals surface area contributed by atoms with Crippen LogP contribution in [-0.2, 0) is 4.79 Å². The number of hydrogen-bond donors (Lipinski definition) is 4. The zero-order chi connectivity index (χ0) is 14.0. The van der Waals surface area contributed by atoms with Gasteiger partial charge in [-0.3, -0.25) is 0 Å². The summed E-state index contributed by atoms with van der Waals surface area (Å²) in [5.74, 6) is -1.34. The molecule has 0 saturated carbocycles. The number of carbonyl (C=O) groups is 2. The number of rotatable bonds is 9. The molecule has 6 nitrogen and oxygen atoms in total. The summed E-state index contributed by atoms with van der Waals surface area (Å²) in [6, 6.07) is -0.401. The summed E-state index contributed by atoms with van der Waals surface area (Å²) < 4.78 is 0. The van der Waals surface area contributed by atoms with Gasteiger partial charge in [0, 0.05) is 6.04 Å². The highest BCUT2D eigenvalue weighted by Crippen LogP contribution is 2.04. The Morgan fingerprint density at radius 3 is 2.44 bits per heavy atom. The SMILES string of the molecule is CCCCCCC(C)NC(=O)NCC(O)C(=O)O. The lowest BCUT2D eigenvalue weighted by Gasteiger charge is -2.15. The van der Waals surface area contributed by atoms with Crippen LogP contribution in [0.4, 0.5) is 4.79 Å². The molecule has 0 aliphatic carbocycles. The summed E-state index contributed by atoms with van der Waals surface area (Å²) >= 11 is 0. The number of carbonyl (C=O) groups excluding carboxylic acids is 1. The third-order valence-electron chi connectivity index (χ3n) is 2.61. The number of hydrogen-bond acceptors (Lipinski definition) is 3. The van der Waals surface area contributed by atoms with Gasteiger partial charge in [-0.1, -0.05) is 32.6 Å². The Morgan fingerprint density at radius 1 is 1.22 bits per heavy atom. The molecular formula is C12H24N2O4. The van der Waals surface area contributed by atoms with Crippen molar-refractivity contribution in [1.29, 1.82) is 0 Å². The van der Waals surface area contributed by atoms with Crippen molar-refractivity contribution in [2.24, 2.45) is 0 Å². The Bertz CT molecular complexity index is 258. The zero-order valence-electron chi connectivity index (χ0n) is 11.1. The van der Waals surface area contributed by atoms with E-state index < -0.39 is 18.1 Å². The van der Waals surface area contributed by atoms with E-state index in [0.717, 1.165) is 19.3 Å². The van der Waals surface area contributed by atoms with E-state index in [9.17, 15) is 9.59 Å². The van der Waals surface area contributed by atoms with Crippen LogP contribution in [0, 0.1) is 0 Å². The summed E-state index contributed by atoms with van der Waals surface area (Å²) in [4.78, 5) is 21.7. The number of unbranched alkanes of at least 4 members (excludes halogenated alkanes) is 3. The first kappa shape index (κ1) is 16.7. The second-order valence-electron chi connectivity index (χ2n) is 4.46. The Hall–Kier alpha value is -1.30. The number of urea groups is 1. The molecule has 4 N–H and O–H groups in total. The topological polar surface area (TPSA) is 98.7 Å². The van der Waals surface area contributed by atoms with Gasteiger partial charge in [-0.2, -0.15) is 0 Å². The summed E-state index contributed by atoms with van der Waals surface area (Å²) in [6.45, 7) is 3.76. The van der Waals surface area contributed by atoms with Gasteiger partial charge in [-0.25, -0.2) is 9.59 Å². The maximum Gasteiger partial charge on any atom is 0.334 e. The molecule has 0 fully saturated rings. The fraction of sp³-hybridized carbons (Fsp3) is 0.833. The Morgan fingerprint density at radius 2 is 1.89 bits per heavy atom. The van der Waals surface area contributed by atoms with E-state index in [1.807, 2.05) is 6.92 Å². The van der Waals surface area contributed by atoms with Gasteiger partial charge >= 0.3 is 12.0 Å². The Balaban J connectivity index is 3.64. The van der Waals surface area contributed by atoms with E-state index >= 15 is 0 Å². The number of aliphatic hydroxyl groups excluding tert-OH is 1. The van der Waals surface area contributed by atoms with Crippen LogP contribution in [0.5, 0.6) is 0 Å². The van der Waals surface area contributed by atoms with E-state index in [4.69, 9.17) is 10.2 Å². The van der Waals surface area contributed by atoms with Gasteiger partial charge in [0.05, 0.1) is 6.54 Å².